The van der Waals surface area contributed by atoms with Gasteiger partial charge in [0.15, 0.2) is 0 Å². The lowest BCUT2D eigenvalue weighted by Gasteiger charge is -2.23. The van der Waals surface area contributed by atoms with Gasteiger partial charge in [-0.3, -0.25) is 14.4 Å². The number of carbonyl (C=O) groups excluding carboxylic acids is 3. The summed E-state index contributed by atoms with van der Waals surface area (Å²) in [4.78, 5) is 48.6. The minimum atomic E-state index is -1.04. The third-order valence-corrected chi connectivity index (χ3v) is 4.57. The van der Waals surface area contributed by atoms with Crippen molar-refractivity contribution >= 4 is 35.5 Å². The van der Waals surface area contributed by atoms with Crippen molar-refractivity contribution in [3.05, 3.63) is 0 Å². The molecule has 0 saturated carbocycles. The van der Waals surface area contributed by atoms with Gasteiger partial charge in [-0.2, -0.15) is 11.8 Å². The largest absolute Gasteiger partial charge is 0.480 e. The van der Waals surface area contributed by atoms with Gasteiger partial charge in [-0.05, 0) is 38.2 Å². The maximum Gasteiger partial charge on any atom is 0.326 e. The van der Waals surface area contributed by atoms with Gasteiger partial charge in [0.1, 0.15) is 12.1 Å². The summed E-state index contributed by atoms with van der Waals surface area (Å²) in [6, 6.07) is -2.37. The molecule has 0 aromatic carbocycles. The van der Waals surface area contributed by atoms with Gasteiger partial charge in [-0.1, -0.05) is 0 Å². The monoisotopic (exact) mass is 374 g/mol. The van der Waals surface area contributed by atoms with E-state index < -0.39 is 41.8 Å². The number of nitrogens with one attached hydrogen (secondary N) is 2. The van der Waals surface area contributed by atoms with Gasteiger partial charge in [0.05, 0.1) is 12.6 Å². The van der Waals surface area contributed by atoms with Crippen LogP contribution in [0.3, 0.4) is 0 Å². The van der Waals surface area contributed by atoms with E-state index in [1.807, 2.05) is 6.26 Å². The first kappa shape index (κ1) is 21.2. The molecular formula is C15H26N4O5S. The van der Waals surface area contributed by atoms with Crippen LogP contribution >= 0.6 is 11.8 Å². The van der Waals surface area contributed by atoms with Crippen molar-refractivity contribution in [2.24, 2.45) is 5.73 Å². The van der Waals surface area contributed by atoms with Crippen molar-refractivity contribution in [3.8, 4) is 0 Å². The van der Waals surface area contributed by atoms with Gasteiger partial charge in [0.25, 0.3) is 0 Å². The van der Waals surface area contributed by atoms with Gasteiger partial charge in [0, 0.05) is 6.54 Å². The fourth-order valence-electron chi connectivity index (χ4n) is 2.52. The summed E-state index contributed by atoms with van der Waals surface area (Å²) >= 11 is 1.53. The van der Waals surface area contributed by atoms with Crippen LogP contribution < -0.4 is 16.4 Å². The molecule has 5 N–H and O–H groups in total. The molecule has 1 fully saturated rings. The maximum absolute atomic E-state index is 12.3. The Morgan fingerprint density at radius 3 is 2.56 bits per heavy atom. The Hall–Kier alpha value is -1.81. The van der Waals surface area contributed by atoms with Gasteiger partial charge < -0.3 is 26.4 Å². The van der Waals surface area contributed by atoms with Crippen LogP contribution in [0.4, 0.5) is 0 Å². The second-order valence-electron chi connectivity index (χ2n) is 5.93. The molecule has 25 heavy (non-hydrogen) atoms. The quantitative estimate of drug-likeness (QED) is 0.395. The van der Waals surface area contributed by atoms with Crippen LogP contribution in [0.15, 0.2) is 0 Å². The highest BCUT2D eigenvalue weighted by Crippen LogP contribution is 2.17. The molecule has 1 saturated heterocycles. The van der Waals surface area contributed by atoms with Gasteiger partial charge >= 0.3 is 5.97 Å². The molecule has 1 aliphatic heterocycles. The highest BCUT2D eigenvalue weighted by molar-refractivity contribution is 7.98. The fraction of sp³-hybridized carbons (Fsp3) is 0.733. The van der Waals surface area contributed by atoms with E-state index in [1.54, 1.807) is 0 Å². The lowest BCUT2D eigenvalue weighted by molar-refractivity contribution is -0.148. The number of aliphatic carboxylic acids is 1. The van der Waals surface area contributed by atoms with E-state index in [9.17, 15) is 19.2 Å². The van der Waals surface area contributed by atoms with Crippen LogP contribution in [-0.2, 0) is 19.2 Å². The van der Waals surface area contributed by atoms with Crippen molar-refractivity contribution in [1.82, 2.24) is 15.5 Å². The summed E-state index contributed by atoms with van der Waals surface area (Å²) < 4.78 is 0. The zero-order valence-electron chi connectivity index (χ0n) is 14.5. The van der Waals surface area contributed by atoms with Gasteiger partial charge in [-0.25, -0.2) is 4.79 Å². The second kappa shape index (κ2) is 10.2. The fourth-order valence-corrected chi connectivity index (χ4v) is 2.99. The molecule has 0 bridgehead atoms. The number of likely N-dealkylation sites (tertiary alicyclic amines) is 1. The Kier molecular flexibility index (Phi) is 8.70. The third-order valence-electron chi connectivity index (χ3n) is 3.93. The zero-order chi connectivity index (χ0) is 19.0. The molecule has 1 rings (SSSR count). The Labute approximate surface area is 151 Å². The van der Waals surface area contributed by atoms with Crippen LogP contribution in [0.25, 0.3) is 0 Å². The summed E-state index contributed by atoms with van der Waals surface area (Å²) in [6.45, 7) is 1.58. The third kappa shape index (κ3) is 6.54. The molecule has 0 aromatic rings. The SMILES string of the molecule is CSCCC(NC(=O)C(C)N)C(=O)NCC(=O)N1CCCC1C(=O)O. The Morgan fingerprint density at radius 1 is 1.32 bits per heavy atom. The topological polar surface area (TPSA) is 142 Å². The van der Waals surface area contributed by atoms with E-state index >= 15 is 0 Å². The van der Waals surface area contributed by atoms with E-state index in [0.29, 0.717) is 31.6 Å². The molecule has 3 atom stereocenters. The first-order valence-electron chi connectivity index (χ1n) is 8.12. The molecule has 0 aromatic heterocycles. The van der Waals surface area contributed by atoms with Crippen molar-refractivity contribution in [2.45, 2.75) is 44.3 Å². The standard InChI is InChI=1S/C15H26N4O5S/c1-9(16)13(21)18-10(5-7-25-2)14(22)17-8-12(20)19-6-3-4-11(19)15(23)24/h9-11H,3-8,16H2,1-2H3,(H,17,22)(H,18,21)(H,23,24). The van der Waals surface area contributed by atoms with Crippen molar-refractivity contribution in [1.29, 1.82) is 0 Å². The van der Waals surface area contributed by atoms with Crippen LogP contribution in [0.1, 0.15) is 26.2 Å². The molecule has 1 heterocycles. The minimum absolute atomic E-state index is 0.299. The normalized spacial score (nSPS) is 19.2. The minimum Gasteiger partial charge on any atom is -0.480 e. The van der Waals surface area contributed by atoms with Crippen molar-refractivity contribution in [3.63, 3.8) is 0 Å². The number of rotatable bonds is 9. The number of carboxylic acid groups (broad SMARTS) is 1. The summed E-state index contributed by atoms with van der Waals surface area (Å²) in [6.07, 6.45) is 3.32. The lowest BCUT2D eigenvalue weighted by Crippen LogP contribution is -2.53. The highest BCUT2D eigenvalue weighted by atomic mass is 32.2. The number of nitrogens with zero attached hydrogens (tertiary/aromatic N) is 1. The number of carbonyl (C=O) groups is 4. The zero-order valence-corrected chi connectivity index (χ0v) is 15.3. The Balaban J connectivity index is 2.59. The predicted molar refractivity (Wildman–Crippen MR) is 94.0 cm³/mol. The van der Waals surface area contributed by atoms with Crippen LogP contribution in [0, 0.1) is 0 Å². The first-order valence-corrected chi connectivity index (χ1v) is 9.52. The first-order chi connectivity index (χ1) is 11.8. The average molecular weight is 374 g/mol. The molecule has 9 nitrogen and oxygen atoms in total. The summed E-state index contributed by atoms with van der Waals surface area (Å²) in [7, 11) is 0. The number of amides is 3. The maximum atomic E-state index is 12.3. The molecule has 3 unspecified atom stereocenters. The molecule has 10 heteroatoms. The Morgan fingerprint density at radius 2 is 2.00 bits per heavy atom. The number of carboxylic acids is 1. The second-order valence-corrected chi connectivity index (χ2v) is 6.92. The Bertz CT molecular complexity index is 514. The molecule has 0 spiro atoms. The van der Waals surface area contributed by atoms with Crippen molar-refractivity contribution < 1.29 is 24.3 Å². The molecule has 3 amide bonds. The number of hydrogen-bond donors (Lipinski definition) is 4. The van der Waals surface area contributed by atoms with E-state index in [0.717, 1.165) is 0 Å². The van der Waals surface area contributed by atoms with Gasteiger partial charge in [0.2, 0.25) is 17.7 Å². The predicted octanol–water partition coefficient (Wildman–Crippen LogP) is -1.24. The van der Waals surface area contributed by atoms with Crippen LogP contribution in [0.5, 0.6) is 0 Å². The summed E-state index contributed by atoms with van der Waals surface area (Å²) in [5, 5.41) is 14.2. The molecule has 0 aliphatic carbocycles. The molecule has 1 aliphatic rings. The van der Waals surface area contributed by atoms with E-state index in [2.05, 4.69) is 10.6 Å². The van der Waals surface area contributed by atoms with E-state index in [4.69, 9.17) is 10.8 Å². The lowest BCUT2D eigenvalue weighted by atomic mass is 10.2. The number of nitrogens with two attached hydrogens (primary N) is 1. The van der Waals surface area contributed by atoms with Crippen molar-refractivity contribution in [2.75, 3.05) is 25.1 Å². The van der Waals surface area contributed by atoms with E-state index in [1.165, 1.54) is 23.6 Å². The number of thioether (sulfide) groups is 1. The molecular weight excluding hydrogens is 348 g/mol. The smallest absolute Gasteiger partial charge is 0.326 e. The van der Waals surface area contributed by atoms with Crippen LogP contribution in [0.2, 0.25) is 0 Å². The summed E-state index contributed by atoms with van der Waals surface area (Å²) in [5.74, 6) is -1.77. The highest BCUT2D eigenvalue weighted by Gasteiger charge is 2.34. The average Bonchev–Trinajstić information content (AvgIpc) is 3.05. The van der Waals surface area contributed by atoms with E-state index in [-0.39, 0.29) is 6.54 Å². The van der Waals surface area contributed by atoms with Gasteiger partial charge in [-0.15, -0.1) is 0 Å². The molecule has 0 radical (unpaired) electrons. The summed E-state index contributed by atoms with van der Waals surface area (Å²) in [5.41, 5.74) is 5.50. The number of hydrogen-bond acceptors (Lipinski definition) is 6. The molecule has 142 valence electrons. The van der Waals surface area contributed by atoms with Crippen LogP contribution in [-0.4, -0.2) is 76.9 Å².